The van der Waals surface area contributed by atoms with Crippen molar-refractivity contribution in [2.75, 3.05) is 6.61 Å². The Kier molecular flexibility index (Phi) is 4.51. The van der Waals surface area contributed by atoms with Gasteiger partial charge in [-0.05, 0) is 24.3 Å². The summed E-state index contributed by atoms with van der Waals surface area (Å²) in [5, 5.41) is 0.644. The molecule has 21 heavy (non-hydrogen) atoms. The van der Waals surface area contributed by atoms with Gasteiger partial charge in [-0.25, -0.2) is 4.79 Å². The van der Waals surface area contributed by atoms with Gasteiger partial charge in [0.2, 0.25) is 5.75 Å². The maximum absolute atomic E-state index is 11.8. The molecule has 2 rings (SSSR count). The van der Waals surface area contributed by atoms with Gasteiger partial charge in [0.05, 0.1) is 6.20 Å². The number of rotatable bonds is 2. The van der Waals surface area contributed by atoms with Gasteiger partial charge >= 0.3 is 5.69 Å². The molecular formula is C15H13ClN2O3. The van der Waals surface area contributed by atoms with Gasteiger partial charge in [-0.2, -0.15) is 0 Å². The van der Waals surface area contributed by atoms with Gasteiger partial charge < -0.3 is 4.74 Å². The number of benzene rings is 1. The molecule has 0 N–H and O–H groups in total. The van der Waals surface area contributed by atoms with Crippen LogP contribution in [-0.4, -0.2) is 15.7 Å². The summed E-state index contributed by atoms with van der Waals surface area (Å²) in [7, 11) is 2.95. The largest absolute Gasteiger partial charge is 0.474 e. The van der Waals surface area contributed by atoms with Crippen molar-refractivity contribution in [1.29, 1.82) is 0 Å². The van der Waals surface area contributed by atoms with Crippen LogP contribution in [0.1, 0.15) is 5.56 Å². The van der Waals surface area contributed by atoms with Crippen molar-refractivity contribution in [1.82, 2.24) is 9.13 Å². The monoisotopic (exact) mass is 304 g/mol. The predicted molar refractivity (Wildman–Crippen MR) is 80.7 cm³/mol. The van der Waals surface area contributed by atoms with Crippen LogP contribution in [0.15, 0.2) is 40.1 Å². The third-order valence-corrected chi connectivity index (χ3v) is 3.04. The number of hydrogen-bond acceptors (Lipinski definition) is 3. The molecule has 0 radical (unpaired) electrons. The number of nitrogens with zero attached hydrogens (tertiary/aromatic N) is 2. The highest BCUT2D eigenvalue weighted by Gasteiger charge is 2.06. The van der Waals surface area contributed by atoms with Gasteiger partial charge in [-0.3, -0.25) is 13.9 Å². The first kappa shape index (κ1) is 14.9. The van der Waals surface area contributed by atoms with E-state index in [-0.39, 0.29) is 12.4 Å². The lowest BCUT2D eigenvalue weighted by Crippen LogP contribution is -2.37. The van der Waals surface area contributed by atoms with Crippen molar-refractivity contribution in [3.8, 4) is 17.6 Å². The minimum atomic E-state index is -0.480. The first-order valence-corrected chi connectivity index (χ1v) is 6.51. The number of halogens is 1. The first-order chi connectivity index (χ1) is 9.99. The normalized spacial score (nSPS) is 9.86. The predicted octanol–water partition coefficient (Wildman–Crippen LogP) is 1.17. The lowest BCUT2D eigenvalue weighted by atomic mass is 10.2. The van der Waals surface area contributed by atoms with Crippen LogP contribution >= 0.6 is 11.6 Å². The minimum Gasteiger partial charge on any atom is -0.474 e. The molecular weight excluding hydrogens is 292 g/mol. The zero-order chi connectivity index (χ0) is 15.4. The van der Waals surface area contributed by atoms with Gasteiger partial charge in [0.15, 0.2) is 0 Å². The van der Waals surface area contributed by atoms with Crippen LogP contribution in [-0.2, 0) is 14.1 Å². The second kappa shape index (κ2) is 6.33. The number of ether oxygens (including phenoxy) is 1. The molecule has 1 heterocycles. The summed E-state index contributed by atoms with van der Waals surface area (Å²) < 4.78 is 7.58. The smallest absolute Gasteiger partial charge is 0.330 e. The Bertz CT molecular complexity index is 823. The second-order valence-electron chi connectivity index (χ2n) is 4.35. The highest BCUT2D eigenvalue weighted by atomic mass is 35.5. The molecule has 0 saturated heterocycles. The minimum absolute atomic E-state index is 0.0517. The van der Waals surface area contributed by atoms with Gasteiger partial charge in [-0.15, -0.1) is 0 Å². The fourth-order valence-electron chi connectivity index (χ4n) is 1.66. The topological polar surface area (TPSA) is 53.2 Å². The zero-order valence-corrected chi connectivity index (χ0v) is 12.3. The molecule has 6 heteroatoms. The first-order valence-electron chi connectivity index (χ1n) is 6.13. The summed E-state index contributed by atoms with van der Waals surface area (Å²) in [6, 6.07) is 7.07. The van der Waals surface area contributed by atoms with E-state index in [2.05, 4.69) is 11.8 Å². The van der Waals surface area contributed by atoms with E-state index in [4.69, 9.17) is 16.3 Å². The van der Waals surface area contributed by atoms with Crippen LogP contribution in [0.4, 0.5) is 0 Å². The molecule has 0 unspecified atom stereocenters. The Morgan fingerprint density at radius 3 is 2.52 bits per heavy atom. The van der Waals surface area contributed by atoms with Crippen LogP contribution in [0.5, 0.6) is 5.75 Å². The molecule has 2 aromatic rings. The highest BCUT2D eigenvalue weighted by Crippen LogP contribution is 2.08. The fourth-order valence-corrected chi connectivity index (χ4v) is 1.79. The SMILES string of the molecule is Cn1cc(OCC#Cc2ccc(Cl)cc2)c(=O)n(C)c1=O. The molecule has 0 spiro atoms. The molecule has 0 aliphatic carbocycles. The lowest BCUT2D eigenvalue weighted by Gasteiger charge is -2.06. The maximum Gasteiger partial charge on any atom is 0.330 e. The number of hydrogen-bond donors (Lipinski definition) is 0. The molecule has 1 aromatic heterocycles. The van der Waals surface area contributed by atoms with E-state index in [1.807, 2.05) is 0 Å². The third-order valence-electron chi connectivity index (χ3n) is 2.79. The van der Waals surface area contributed by atoms with E-state index in [9.17, 15) is 9.59 Å². The summed E-state index contributed by atoms with van der Waals surface area (Å²) in [5.74, 6) is 5.78. The Morgan fingerprint density at radius 2 is 1.86 bits per heavy atom. The van der Waals surface area contributed by atoms with Crippen molar-refractivity contribution in [3.63, 3.8) is 0 Å². The summed E-state index contributed by atoms with van der Waals surface area (Å²) in [6.45, 7) is 0.0517. The third kappa shape index (κ3) is 3.56. The maximum atomic E-state index is 11.8. The number of aromatic nitrogens is 2. The number of aryl methyl sites for hydroxylation is 1. The van der Waals surface area contributed by atoms with Gasteiger partial charge in [0.25, 0.3) is 5.56 Å². The second-order valence-corrected chi connectivity index (χ2v) is 4.78. The zero-order valence-electron chi connectivity index (χ0n) is 11.6. The Labute approximate surface area is 126 Å². The summed E-state index contributed by atoms with van der Waals surface area (Å²) in [4.78, 5) is 23.3. The van der Waals surface area contributed by atoms with Crippen molar-refractivity contribution in [2.24, 2.45) is 14.1 Å². The van der Waals surface area contributed by atoms with E-state index in [0.717, 1.165) is 10.1 Å². The van der Waals surface area contributed by atoms with Gasteiger partial charge in [0.1, 0.15) is 6.61 Å². The van der Waals surface area contributed by atoms with Crippen molar-refractivity contribution in [2.45, 2.75) is 0 Å². The summed E-state index contributed by atoms with van der Waals surface area (Å²) >= 11 is 5.78. The van der Waals surface area contributed by atoms with E-state index in [0.29, 0.717) is 5.02 Å². The van der Waals surface area contributed by atoms with E-state index >= 15 is 0 Å². The summed E-state index contributed by atoms with van der Waals surface area (Å²) in [6.07, 6.45) is 1.36. The van der Waals surface area contributed by atoms with Gasteiger partial charge in [-0.1, -0.05) is 23.4 Å². The molecule has 108 valence electrons. The Balaban J connectivity index is 2.10. The molecule has 1 aromatic carbocycles. The molecule has 0 aliphatic heterocycles. The van der Waals surface area contributed by atoms with Crippen LogP contribution in [0.25, 0.3) is 0 Å². The highest BCUT2D eigenvalue weighted by molar-refractivity contribution is 6.30. The van der Waals surface area contributed by atoms with Crippen LogP contribution in [0.2, 0.25) is 5.02 Å². The van der Waals surface area contributed by atoms with Crippen molar-refractivity contribution >= 4 is 11.6 Å². The van der Waals surface area contributed by atoms with Crippen LogP contribution in [0, 0.1) is 11.8 Å². The Hall–Kier alpha value is -2.45. The van der Waals surface area contributed by atoms with Gasteiger partial charge in [0, 0.05) is 24.7 Å². The Morgan fingerprint density at radius 1 is 1.19 bits per heavy atom. The molecule has 0 fully saturated rings. The van der Waals surface area contributed by atoms with Crippen molar-refractivity contribution < 1.29 is 4.74 Å². The van der Waals surface area contributed by atoms with Crippen molar-refractivity contribution in [3.05, 3.63) is 61.9 Å². The molecule has 0 saturated carbocycles. The average molecular weight is 305 g/mol. The molecule has 0 amide bonds. The van der Waals surface area contributed by atoms with E-state index in [1.54, 1.807) is 31.3 Å². The van der Waals surface area contributed by atoms with E-state index < -0.39 is 11.2 Å². The molecule has 0 atom stereocenters. The molecule has 0 aliphatic rings. The van der Waals surface area contributed by atoms with Crippen LogP contribution < -0.4 is 16.0 Å². The van der Waals surface area contributed by atoms with E-state index in [1.165, 1.54) is 17.8 Å². The fraction of sp³-hybridized carbons (Fsp3) is 0.200. The molecule has 5 nitrogen and oxygen atoms in total. The molecule has 0 bridgehead atoms. The average Bonchev–Trinajstić information content (AvgIpc) is 2.48. The standard InChI is InChI=1S/C15H13ClN2O3/c1-17-10-13(14(19)18(2)15(17)20)21-9-3-4-11-5-7-12(16)8-6-11/h5-8,10H,9H2,1-2H3. The quantitative estimate of drug-likeness (QED) is 0.783. The lowest BCUT2D eigenvalue weighted by molar-refractivity contribution is 0.355. The van der Waals surface area contributed by atoms with Crippen LogP contribution in [0.3, 0.4) is 0 Å². The summed E-state index contributed by atoms with van der Waals surface area (Å²) in [5.41, 5.74) is -0.0812.